The molecular weight excluding hydrogens is 735 g/mol. The molecule has 348 valence electrons. The molecule has 0 saturated carbocycles. The van der Waals surface area contributed by atoms with E-state index in [1.165, 1.54) is 161 Å². The summed E-state index contributed by atoms with van der Waals surface area (Å²) < 4.78 is 24.6. The van der Waals surface area contributed by atoms with Crippen molar-refractivity contribution in [1.82, 2.24) is 4.90 Å². The van der Waals surface area contributed by atoms with Gasteiger partial charge in [-0.05, 0) is 82.7 Å². The minimum atomic E-state index is -0.397. The number of nitrogens with zero attached hydrogens (tertiary/aromatic N) is 1. The average Bonchev–Trinajstić information content (AvgIpc) is 3.66. The highest BCUT2D eigenvalue weighted by atomic mass is 16.7. The minimum Gasteiger partial charge on any atom is -0.466 e. The lowest BCUT2D eigenvalue weighted by Gasteiger charge is -2.30. The van der Waals surface area contributed by atoms with Crippen molar-refractivity contribution in [1.29, 1.82) is 0 Å². The molecule has 0 aromatic heterocycles. The van der Waals surface area contributed by atoms with Gasteiger partial charge in [0.05, 0.1) is 25.9 Å². The molecule has 0 aromatic rings. The summed E-state index contributed by atoms with van der Waals surface area (Å²) in [5.41, 5.74) is 0. The van der Waals surface area contributed by atoms with Gasteiger partial charge in [-0.1, -0.05) is 175 Å². The van der Waals surface area contributed by atoms with Gasteiger partial charge < -0.3 is 23.8 Å². The summed E-state index contributed by atoms with van der Waals surface area (Å²) in [7, 11) is 0. The molecule has 2 rings (SSSR count). The number of ether oxygens (including phenoxy) is 4. The van der Waals surface area contributed by atoms with Gasteiger partial charge in [-0.3, -0.25) is 9.59 Å². The van der Waals surface area contributed by atoms with Gasteiger partial charge in [-0.25, -0.2) is 0 Å². The second-order valence-corrected chi connectivity index (χ2v) is 18.9. The van der Waals surface area contributed by atoms with E-state index in [9.17, 15) is 9.59 Å². The number of piperidine rings is 1. The third kappa shape index (κ3) is 28.9. The zero-order chi connectivity index (χ0) is 42.5. The van der Waals surface area contributed by atoms with Crippen molar-refractivity contribution in [2.75, 3.05) is 39.5 Å². The van der Waals surface area contributed by atoms with Crippen LogP contribution in [0.4, 0.5) is 0 Å². The van der Waals surface area contributed by atoms with E-state index in [4.69, 9.17) is 18.9 Å². The van der Waals surface area contributed by atoms with E-state index in [-0.39, 0.29) is 18.0 Å². The van der Waals surface area contributed by atoms with E-state index in [0.717, 1.165) is 83.8 Å². The lowest BCUT2D eigenvalue weighted by molar-refractivity contribution is -0.180. The van der Waals surface area contributed by atoms with Gasteiger partial charge in [0.2, 0.25) is 0 Å². The molecule has 0 amide bonds. The summed E-state index contributed by atoms with van der Waals surface area (Å²) in [5, 5.41) is 0. The highest BCUT2D eigenvalue weighted by Crippen LogP contribution is 2.36. The molecule has 0 spiro atoms. The molecule has 59 heavy (non-hydrogen) atoms. The zero-order valence-corrected chi connectivity index (χ0v) is 39.8. The van der Waals surface area contributed by atoms with Crippen molar-refractivity contribution < 1.29 is 28.5 Å². The predicted molar refractivity (Wildman–Crippen MR) is 248 cm³/mol. The Bertz CT molecular complexity index is 897. The lowest BCUT2D eigenvalue weighted by Crippen LogP contribution is -2.34. The molecule has 0 radical (unpaired) electrons. The third-order valence-corrected chi connectivity index (χ3v) is 13.4. The van der Waals surface area contributed by atoms with Crippen molar-refractivity contribution in [2.24, 2.45) is 11.8 Å². The van der Waals surface area contributed by atoms with Crippen LogP contribution in [0.25, 0.3) is 0 Å². The standard InChI is InChI=1S/C52H99NO6/c1-5-9-30-47(31-10-6-2)37-44-56-50(54)34-24-19-15-13-17-21-26-39-52(58-46-49(59-52)36-43-53-41-28-23-29-42-53)40-27-22-18-14-16-20-25-35-51(55)57-45-38-48(32-11-7-3)33-12-8-4/h47-49H,5-46H2,1-4H3. The van der Waals surface area contributed by atoms with E-state index in [2.05, 4.69) is 32.6 Å². The maximum atomic E-state index is 12.3. The number of carbonyl (C=O) groups excluding carboxylic acids is 2. The van der Waals surface area contributed by atoms with Crippen LogP contribution in [0.15, 0.2) is 0 Å². The molecule has 1 atom stereocenters. The quantitative estimate of drug-likeness (QED) is 0.0449. The first kappa shape index (κ1) is 54.0. The van der Waals surface area contributed by atoms with Crippen LogP contribution in [0.2, 0.25) is 0 Å². The maximum absolute atomic E-state index is 12.3. The SMILES string of the molecule is CCCCC(CCCC)CCOC(=O)CCCCCCCCCC1(CCCCCCCCCC(=O)OCCC(CCCC)CCCC)OCC(CCN2CCCCC2)O1. The van der Waals surface area contributed by atoms with Crippen LogP contribution in [0.5, 0.6) is 0 Å². The zero-order valence-electron chi connectivity index (χ0n) is 39.8. The monoisotopic (exact) mass is 834 g/mol. The fourth-order valence-electron chi connectivity index (χ4n) is 9.41. The first-order valence-corrected chi connectivity index (χ1v) is 26.3. The number of unbranched alkanes of at least 4 members (excludes halogenated alkanes) is 16. The normalized spacial score (nSPS) is 17.0. The number of carbonyl (C=O) groups is 2. The highest BCUT2D eigenvalue weighted by Gasteiger charge is 2.40. The van der Waals surface area contributed by atoms with Crippen LogP contribution >= 0.6 is 0 Å². The van der Waals surface area contributed by atoms with Crippen molar-refractivity contribution >= 4 is 11.9 Å². The maximum Gasteiger partial charge on any atom is 0.305 e. The molecule has 2 fully saturated rings. The largest absolute Gasteiger partial charge is 0.466 e. The van der Waals surface area contributed by atoms with E-state index >= 15 is 0 Å². The molecular formula is C52H99NO6. The van der Waals surface area contributed by atoms with E-state index < -0.39 is 5.79 Å². The Morgan fingerprint density at radius 2 is 0.949 bits per heavy atom. The molecule has 0 bridgehead atoms. The Hall–Kier alpha value is -1.18. The number of rotatable bonds is 41. The van der Waals surface area contributed by atoms with Crippen molar-refractivity contribution in [3.05, 3.63) is 0 Å². The van der Waals surface area contributed by atoms with Crippen LogP contribution in [0, 0.1) is 11.8 Å². The molecule has 0 aliphatic carbocycles. The summed E-state index contributed by atoms with van der Waals surface area (Å²) >= 11 is 0. The average molecular weight is 834 g/mol. The van der Waals surface area contributed by atoms with Crippen molar-refractivity contribution in [3.8, 4) is 0 Å². The van der Waals surface area contributed by atoms with Gasteiger partial charge in [-0.15, -0.1) is 0 Å². The van der Waals surface area contributed by atoms with Gasteiger partial charge >= 0.3 is 11.9 Å². The first-order chi connectivity index (χ1) is 28.9. The fraction of sp³-hybridized carbons (Fsp3) is 0.962. The highest BCUT2D eigenvalue weighted by molar-refractivity contribution is 5.69. The first-order valence-electron chi connectivity index (χ1n) is 26.3. The summed E-state index contributed by atoms with van der Waals surface area (Å²) in [5.74, 6) is 1.03. The van der Waals surface area contributed by atoms with Crippen molar-refractivity contribution in [3.63, 3.8) is 0 Å². The number of hydrogen-bond acceptors (Lipinski definition) is 7. The molecule has 0 aromatic carbocycles. The molecule has 7 nitrogen and oxygen atoms in total. The molecule has 2 aliphatic rings. The Morgan fingerprint density at radius 1 is 0.542 bits per heavy atom. The van der Waals surface area contributed by atoms with Gasteiger partial charge in [-0.2, -0.15) is 0 Å². The van der Waals surface area contributed by atoms with Crippen molar-refractivity contribution in [2.45, 2.75) is 271 Å². The van der Waals surface area contributed by atoms with Crippen LogP contribution in [0.3, 0.4) is 0 Å². The molecule has 7 heteroatoms. The second-order valence-electron chi connectivity index (χ2n) is 18.9. The Kier molecular flexibility index (Phi) is 34.2. The van der Waals surface area contributed by atoms with Crippen LogP contribution in [-0.2, 0) is 28.5 Å². The summed E-state index contributed by atoms with van der Waals surface area (Å²) in [4.78, 5) is 27.3. The molecule has 2 heterocycles. The van der Waals surface area contributed by atoms with Crippen LogP contribution in [-0.4, -0.2) is 68.2 Å². The van der Waals surface area contributed by atoms with Gasteiger partial charge in [0.15, 0.2) is 5.79 Å². The lowest BCUT2D eigenvalue weighted by atomic mass is 9.93. The molecule has 2 aliphatic heterocycles. The van der Waals surface area contributed by atoms with E-state index in [1.54, 1.807) is 0 Å². The van der Waals surface area contributed by atoms with Gasteiger partial charge in [0.25, 0.3) is 0 Å². The summed E-state index contributed by atoms with van der Waals surface area (Å²) in [6, 6.07) is 0. The van der Waals surface area contributed by atoms with Crippen LogP contribution < -0.4 is 0 Å². The molecule has 0 N–H and O–H groups in total. The number of likely N-dealkylation sites (tertiary alicyclic amines) is 1. The second kappa shape index (κ2) is 37.4. The Balaban J connectivity index is 1.59. The summed E-state index contributed by atoms with van der Waals surface area (Å²) in [6.45, 7) is 14.6. The minimum absolute atomic E-state index is 0.000923. The predicted octanol–water partition coefficient (Wildman–Crippen LogP) is 14.9. The van der Waals surface area contributed by atoms with Gasteiger partial charge in [0.1, 0.15) is 0 Å². The Morgan fingerprint density at radius 3 is 1.37 bits per heavy atom. The van der Waals surface area contributed by atoms with E-state index in [1.807, 2.05) is 0 Å². The Labute approximate surface area is 366 Å². The van der Waals surface area contributed by atoms with E-state index in [0.29, 0.717) is 37.9 Å². The topological polar surface area (TPSA) is 74.3 Å². The summed E-state index contributed by atoms with van der Waals surface area (Å²) in [6.07, 6.45) is 42.0. The number of hydrogen-bond donors (Lipinski definition) is 0. The molecule has 2 saturated heterocycles. The third-order valence-electron chi connectivity index (χ3n) is 13.4. The van der Waals surface area contributed by atoms with Crippen LogP contribution in [0.1, 0.15) is 259 Å². The smallest absolute Gasteiger partial charge is 0.305 e. The van der Waals surface area contributed by atoms with Gasteiger partial charge in [0, 0.05) is 32.2 Å². The fourth-order valence-corrected chi connectivity index (χ4v) is 9.41. The molecule has 1 unspecified atom stereocenters. The number of esters is 2.